The average molecular weight is 321 g/mol. The number of nitrogens with one attached hydrogen (secondary N) is 2. The van der Waals surface area contributed by atoms with Gasteiger partial charge in [-0.05, 0) is 32.9 Å². The summed E-state index contributed by atoms with van der Waals surface area (Å²) in [6.07, 6.45) is 4.15. The van der Waals surface area contributed by atoms with Gasteiger partial charge in [-0.3, -0.25) is 9.89 Å². The minimum absolute atomic E-state index is 0.425. The van der Waals surface area contributed by atoms with E-state index in [-0.39, 0.29) is 0 Å². The lowest BCUT2D eigenvalue weighted by Crippen LogP contribution is -2.49. The summed E-state index contributed by atoms with van der Waals surface area (Å²) >= 11 is 0. The third kappa shape index (κ3) is 5.88. The number of aromatic nitrogens is 1. The fourth-order valence-corrected chi connectivity index (χ4v) is 2.89. The first-order valence-corrected chi connectivity index (χ1v) is 8.67. The molecule has 0 spiro atoms. The zero-order chi connectivity index (χ0) is 16.5. The van der Waals surface area contributed by atoms with Crippen LogP contribution in [0.15, 0.2) is 29.5 Å². The van der Waals surface area contributed by atoms with Gasteiger partial charge in [-0.1, -0.05) is 0 Å². The van der Waals surface area contributed by atoms with Crippen LogP contribution in [-0.2, 0) is 11.3 Å². The lowest BCUT2D eigenvalue weighted by atomic mass is 10.2. The Hall–Kier alpha value is -1.53. The van der Waals surface area contributed by atoms with E-state index in [1.54, 1.807) is 0 Å². The normalized spacial score (nSPS) is 21.2. The van der Waals surface area contributed by atoms with Gasteiger partial charge in [0, 0.05) is 50.7 Å². The van der Waals surface area contributed by atoms with E-state index in [0.717, 1.165) is 51.9 Å². The molecule has 1 fully saturated rings. The molecule has 1 aliphatic heterocycles. The molecule has 2 rings (SSSR count). The van der Waals surface area contributed by atoms with Gasteiger partial charge in [0.15, 0.2) is 5.96 Å². The Morgan fingerprint density at radius 1 is 1.35 bits per heavy atom. The highest BCUT2D eigenvalue weighted by molar-refractivity contribution is 5.79. The molecule has 2 heterocycles. The smallest absolute Gasteiger partial charge is 0.191 e. The molecule has 0 saturated carbocycles. The van der Waals surface area contributed by atoms with Crippen molar-refractivity contribution in [3.63, 3.8) is 0 Å². The zero-order valence-corrected chi connectivity index (χ0v) is 14.7. The van der Waals surface area contributed by atoms with Crippen LogP contribution in [0.3, 0.4) is 0 Å². The van der Waals surface area contributed by atoms with Gasteiger partial charge < -0.3 is 19.9 Å². The molecule has 0 aromatic carbocycles. The maximum absolute atomic E-state index is 5.51. The van der Waals surface area contributed by atoms with Crippen molar-refractivity contribution in [2.45, 2.75) is 39.4 Å². The molecule has 6 heteroatoms. The Balaban J connectivity index is 1.79. The second-order valence-electron chi connectivity index (χ2n) is 6.08. The molecule has 2 N–H and O–H groups in total. The number of rotatable bonds is 7. The molecule has 0 bridgehead atoms. The van der Waals surface area contributed by atoms with Crippen molar-refractivity contribution in [2.75, 3.05) is 39.4 Å². The summed E-state index contributed by atoms with van der Waals surface area (Å²) in [5.41, 5.74) is 0. The minimum atomic E-state index is 0.425. The highest BCUT2D eigenvalue weighted by Gasteiger charge is 2.23. The van der Waals surface area contributed by atoms with Crippen LogP contribution >= 0.6 is 0 Å². The molecular formula is C17H31N5O. The predicted molar refractivity (Wildman–Crippen MR) is 94.9 cm³/mol. The van der Waals surface area contributed by atoms with Crippen LogP contribution in [0.1, 0.15) is 20.8 Å². The average Bonchev–Trinajstić information content (AvgIpc) is 3.06. The topological polar surface area (TPSA) is 53.8 Å². The van der Waals surface area contributed by atoms with Crippen molar-refractivity contribution >= 4 is 5.96 Å². The van der Waals surface area contributed by atoms with E-state index >= 15 is 0 Å². The summed E-state index contributed by atoms with van der Waals surface area (Å²) in [5.74, 6) is 0.896. The number of aliphatic imine (C=N–C) groups is 1. The number of guanidine groups is 1. The fourth-order valence-electron chi connectivity index (χ4n) is 2.89. The molecule has 6 nitrogen and oxygen atoms in total. The summed E-state index contributed by atoms with van der Waals surface area (Å²) in [4.78, 5) is 7.23. The van der Waals surface area contributed by atoms with E-state index < -0.39 is 0 Å². The van der Waals surface area contributed by atoms with Crippen molar-refractivity contribution in [1.82, 2.24) is 20.1 Å². The van der Waals surface area contributed by atoms with Crippen LogP contribution in [0.25, 0.3) is 0 Å². The molecule has 0 aliphatic carbocycles. The van der Waals surface area contributed by atoms with Gasteiger partial charge in [-0.15, -0.1) is 0 Å². The van der Waals surface area contributed by atoms with Crippen molar-refractivity contribution in [1.29, 1.82) is 0 Å². The molecular weight excluding hydrogens is 290 g/mol. The van der Waals surface area contributed by atoms with E-state index in [2.05, 4.69) is 53.3 Å². The van der Waals surface area contributed by atoms with E-state index in [1.165, 1.54) is 0 Å². The molecule has 2 atom stereocenters. The summed E-state index contributed by atoms with van der Waals surface area (Å²) in [6, 6.07) is 4.99. The fraction of sp³-hybridized carbons (Fsp3) is 0.706. The molecule has 1 aromatic heterocycles. The quantitative estimate of drug-likeness (QED) is 0.584. The van der Waals surface area contributed by atoms with Gasteiger partial charge in [-0.2, -0.15) is 0 Å². The molecule has 0 radical (unpaired) electrons. The van der Waals surface area contributed by atoms with E-state index in [4.69, 9.17) is 9.73 Å². The summed E-state index contributed by atoms with van der Waals surface area (Å²) in [6.45, 7) is 12.7. The maximum Gasteiger partial charge on any atom is 0.191 e. The summed E-state index contributed by atoms with van der Waals surface area (Å²) < 4.78 is 7.67. The van der Waals surface area contributed by atoms with Crippen LogP contribution in [0.5, 0.6) is 0 Å². The van der Waals surface area contributed by atoms with Crippen LogP contribution in [0, 0.1) is 0 Å². The van der Waals surface area contributed by atoms with Gasteiger partial charge >= 0.3 is 0 Å². The van der Waals surface area contributed by atoms with Gasteiger partial charge in [-0.25, -0.2) is 0 Å². The van der Waals surface area contributed by atoms with Gasteiger partial charge in [0.05, 0.1) is 19.8 Å². The van der Waals surface area contributed by atoms with E-state index in [9.17, 15) is 0 Å². The summed E-state index contributed by atoms with van der Waals surface area (Å²) in [7, 11) is 0. The number of hydrogen-bond donors (Lipinski definition) is 2. The zero-order valence-electron chi connectivity index (χ0n) is 14.7. The summed E-state index contributed by atoms with van der Waals surface area (Å²) in [5, 5.41) is 6.72. The molecule has 1 aliphatic rings. The highest BCUT2D eigenvalue weighted by Crippen LogP contribution is 2.10. The van der Waals surface area contributed by atoms with E-state index in [0.29, 0.717) is 12.1 Å². The molecule has 2 unspecified atom stereocenters. The second-order valence-corrected chi connectivity index (χ2v) is 6.08. The number of hydrogen-bond acceptors (Lipinski definition) is 3. The first kappa shape index (κ1) is 17.8. The largest absolute Gasteiger partial charge is 0.379 e. The Kier molecular flexibility index (Phi) is 7.42. The third-order valence-electron chi connectivity index (χ3n) is 4.17. The van der Waals surface area contributed by atoms with Gasteiger partial charge in [0.2, 0.25) is 0 Å². The van der Waals surface area contributed by atoms with Crippen LogP contribution in [0.4, 0.5) is 0 Å². The van der Waals surface area contributed by atoms with Crippen LogP contribution < -0.4 is 10.6 Å². The number of nitrogens with zero attached hydrogens (tertiary/aromatic N) is 3. The lowest BCUT2D eigenvalue weighted by Gasteiger charge is -2.37. The highest BCUT2D eigenvalue weighted by atomic mass is 16.5. The first-order valence-electron chi connectivity index (χ1n) is 8.67. The molecule has 1 saturated heterocycles. The monoisotopic (exact) mass is 321 g/mol. The molecule has 130 valence electrons. The SMILES string of the molecule is CCNC(=NCC(C)N1CCOCC1C)NCCn1cccc1. The van der Waals surface area contributed by atoms with Crippen molar-refractivity contribution < 1.29 is 4.74 Å². The molecule has 23 heavy (non-hydrogen) atoms. The van der Waals surface area contributed by atoms with Crippen LogP contribution in [-0.4, -0.2) is 66.9 Å². The van der Waals surface area contributed by atoms with Crippen molar-refractivity contribution in [3.05, 3.63) is 24.5 Å². The standard InChI is InChI=1S/C17H31N5O/c1-4-18-17(19-7-10-21-8-5-6-9-21)20-13-15(2)22-11-12-23-14-16(22)3/h5-6,8-9,15-16H,4,7,10-14H2,1-3H3,(H2,18,19,20). The van der Waals surface area contributed by atoms with Crippen LogP contribution in [0.2, 0.25) is 0 Å². The number of ether oxygens (including phenoxy) is 1. The second kappa shape index (κ2) is 9.57. The van der Waals surface area contributed by atoms with Crippen molar-refractivity contribution in [3.8, 4) is 0 Å². The number of morpholine rings is 1. The Labute approximate surface area is 139 Å². The van der Waals surface area contributed by atoms with Gasteiger partial charge in [0.25, 0.3) is 0 Å². The first-order chi connectivity index (χ1) is 11.2. The predicted octanol–water partition coefficient (Wildman–Crippen LogP) is 1.15. The van der Waals surface area contributed by atoms with Gasteiger partial charge in [0.1, 0.15) is 0 Å². The Morgan fingerprint density at radius 3 is 2.83 bits per heavy atom. The maximum atomic E-state index is 5.51. The Bertz CT molecular complexity index is 460. The van der Waals surface area contributed by atoms with E-state index in [1.807, 2.05) is 12.1 Å². The minimum Gasteiger partial charge on any atom is -0.379 e. The molecule has 0 amide bonds. The lowest BCUT2D eigenvalue weighted by molar-refractivity contribution is -0.0165. The van der Waals surface area contributed by atoms with Crippen molar-refractivity contribution in [2.24, 2.45) is 4.99 Å². The third-order valence-corrected chi connectivity index (χ3v) is 4.17. The Morgan fingerprint density at radius 2 is 2.13 bits per heavy atom. The molecule has 1 aromatic rings.